The number of carboxylic acids is 1. The summed E-state index contributed by atoms with van der Waals surface area (Å²) in [5.74, 6) is -0.883. The second kappa shape index (κ2) is 4.94. The minimum atomic E-state index is -0.883. The molecule has 4 nitrogen and oxygen atoms in total. The molecule has 0 radical (unpaired) electrons. The van der Waals surface area contributed by atoms with Crippen molar-refractivity contribution >= 4 is 21.9 Å². The molecule has 0 aliphatic carbocycles. The van der Waals surface area contributed by atoms with Gasteiger partial charge in [0.1, 0.15) is 5.69 Å². The van der Waals surface area contributed by atoms with Gasteiger partial charge in [-0.15, -0.1) is 0 Å². The number of aromatic nitrogens is 2. The molecule has 0 saturated heterocycles. The monoisotopic (exact) mass is 308 g/mol. The molecule has 0 fully saturated rings. The third-order valence-electron chi connectivity index (χ3n) is 2.74. The Morgan fingerprint density at radius 3 is 2.78 bits per heavy atom. The van der Waals surface area contributed by atoms with Crippen LogP contribution in [0.2, 0.25) is 0 Å². The average Bonchev–Trinajstić information content (AvgIpc) is 2.60. The van der Waals surface area contributed by atoms with Gasteiger partial charge in [0, 0.05) is 5.56 Å². The smallest absolute Gasteiger partial charge is 0.309 e. The summed E-state index contributed by atoms with van der Waals surface area (Å²) < 4.78 is 0.719. The number of halogens is 1. The summed E-state index contributed by atoms with van der Waals surface area (Å²) in [5, 5.41) is 15.8. The highest BCUT2D eigenvalue weighted by Gasteiger charge is 2.15. The van der Waals surface area contributed by atoms with Gasteiger partial charge in [0.25, 0.3) is 0 Å². The lowest BCUT2D eigenvalue weighted by atomic mass is 10.0. The molecule has 0 spiro atoms. The zero-order valence-electron chi connectivity index (χ0n) is 10.1. The minimum Gasteiger partial charge on any atom is -0.481 e. The third kappa shape index (κ3) is 2.46. The van der Waals surface area contributed by atoms with E-state index in [1.807, 2.05) is 26.0 Å². The first kappa shape index (κ1) is 12.8. The summed E-state index contributed by atoms with van der Waals surface area (Å²) in [7, 11) is 0. The fourth-order valence-electron chi connectivity index (χ4n) is 1.89. The number of hydrogen-bond acceptors (Lipinski definition) is 2. The molecule has 0 aliphatic heterocycles. The normalized spacial score (nSPS) is 10.6. The van der Waals surface area contributed by atoms with E-state index in [2.05, 4.69) is 32.2 Å². The number of aliphatic carboxylic acids is 1. The topological polar surface area (TPSA) is 66.0 Å². The minimum absolute atomic E-state index is 0.0709. The van der Waals surface area contributed by atoms with Crippen molar-refractivity contribution < 1.29 is 9.90 Å². The van der Waals surface area contributed by atoms with Gasteiger partial charge in [-0.3, -0.25) is 9.89 Å². The fraction of sp³-hybridized carbons (Fsp3) is 0.231. The predicted octanol–water partition coefficient (Wildman–Crippen LogP) is 3.08. The van der Waals surface area contributed by atoms with Crippen LogP contribution in [-0.2, 0) is 11.2 Å². The van der Waals surface area contributed by atoms with Crippen molar-refractivity contribution in [3.8, 4) is 11.3 Å². The fourth-order valence-corrected chi connectivity index (χ4v) is 2.42. The Kier molecular flexibility index (Phi) is 3.52. The summed E-state index contributed by atoms with van der Waals surface area (Å²) >= 11 is 3.41. The SMILES string of the molecule is Cc1ccc(-c2n[nH]c(CC(=O)O)c2Br)c(C)c1. The van der Waals surface area contributed by atoms with Gasteiger partial charge >= 0.3 is 5.97 Å². The summed E-state index contributed by atoms with van der Waals surface area (Å²) in [4.78, 5) is 10.7. The first-order valence-electron chi connectivity index (χ1n) is 5.51. The maximum Gasteiger partial charge on any atom is 0.309 e. The lowest BCUT2D eigenvalue weighted by Gasteiger charge is -2.04. The van der Waals surface area contributed by atoms with Crippen molar-refractivity contribution in [1.82, 2.24) is 10.2 Å². The van der Waals surface area contributed by atoms with Gasteiger partial charge in [0.2, 0.25) is 0 Å². The molecule has 1 aromatic heterocycles. The van der Waals surface area contributed by atoms with Gasteiger partial charge in [-0.2, -0.15) is 5.10 Å². The molecular weight excluding hydrogens is 296 g/mol. The third-order valence-corrected chi connectivity index (χ3v) is 3.59. The number of aryl methyl sites for hydroxylation is 2. The summed E-state index contributed by atoms with van der Waals surface area (Å²) in [6.07, 6.45) is -0.0709. The van der Waals surface area contributed by atoms with Crippen molar-refractivity contribution in [3.05, 3.63) is 39.5 Å². The number of aromatic amines is 1. The summed E-state index contributed by atoms with van der Waals surface area (Å²) in [5.41, 5.74) is 4.64. The Hall–Kier alpha value is -1.62. The van der Waals surface area contributed by atoms with Gasteiger partial charge in [-0.05, 0) is 35.3 Å². The lowest BCUT2D eigenvalue weighted by Crippen LogP contribution is -2.00. The van der Waals surface area contributed by atoms with Crippen molar-refractivity contribution in [2.75, 3.05) is 0 Å². The molecule has 94 valence electrons. The van der Waals surface area contributed by atoms with Crippen LogP contribution in [0.3, 0.4) is 0 Å². The van der Waals surface area contributed by atoms with Gasteiger partial charge < -0.3 is 5.11 Å². The second-order valence-corrected chi connectivity index (χ2v) is 5.05. The number of hydrogen-bond donors (Lipinski definition) is 2. The molecule has 18 heavy (non-hydrogen) atoms. The van der Waals surface area contributed by atoms with Crippen molar-refractivity contribution in [2.45, 2.75) is 20.3 Å². The molecule has 0 unspecified atom stereocenters. The van der Waals surface area contributed by atoms with E-state index >= 15 is 0 Å². The number of nitrogens with one attached hydrogen (secondary N) is 1. The largest absolute Gasteiger partial charge is 0.481 e. The highest BCUT2D eigenvalue weighted by Crippen LogP contribution is 2.31. The van der Waals surface area contributed by atoms with Crippen LogP contribution in [0.15, 0.2) is 22.7 Å². The number of benzene rings is 1. The van der Waals surface area contributed by atoms with Crippen molar-refractivity contribution in [1.29, 1.82) is 0 Å². The Labute approximate surface area is 113 Å². The van der Waals surface area contributed by atoms with E-state index in [0.717, 1.165) is 21.3 Å². The van der Waals surface area contributed by atoms with Crippen LogP contribution in [0.1, 0.15) is 16.8 Å². The van der Waals surface area contributed by atoms with Gasteiger partial charge in [0.15, 0.2) is 0 Å². The molecule has 2 N–H and O–H groups in total. The number of rotatable bonds is 3. The van der Waals surface area contributed by atoms with Crippen molar-refractivity contribution in [2.24, 2.45) is 0 Å². The van der Waals surface area contributed by atoms with Crippen LogP contribution in [-0.4, -0.2) is 21.3 Å². The maximum absolute atomic E-state index is 10.7. The Morgan fingerprint density at radius 2 is 2.17 bits per heavy atom. The van der Waals surface area contributed by atoms with Crippen LogP contribution in [0.5, 0.6) is 0 Å². The predicted molar refractivity (Wildman–Crippen MR) is 72.5 cm³/mol. The highest BCUT2D eigenvalue weighted by atomic mass is 79.9. The Balaban J connectivity index is 2.45. The molecule has 5 heteroatoms. The van der Waals surface area contributed by atoms with Gasteiger partial charge in [0.05, 0.1) is 16.6 Å². The molecule has 1 heterocycles. The highest BCUT2D eigenvalue weighted by molar-refractivity contribution is 9.10. The van der Waals surface area contributed by atoms with E-state index in [9.17, 15) is 4.79 Å². The number of carbonyl (C=O) groups is 1. The van der Waals surface area contributed by atoms with Crippen LogP contribution in [0.25, 0.3) is 11.3 Å². The van der Waals surface area contributed by atoms with E-state index in [-0.39, 0.29) is 6.42 Å². The Morgan fingerprint density at radius 1 is 1.44 bits per heavy atom. The van der Waals surface area contributed by atoms with E-state index in [1.165, 1.54) is 5.56 Å². The van der Waals surface area contributed by atoms with Crippen LogP contribution in [0, 0.1) is 13.8 Å². The molecule has 0 saturated carbocycles. The standard InChI is InChI=1S/C13H13BrN2O2/c1-7-3-4-9(8(2)5-7)13-12(14)10(15-16-13)6-11(17)18/h3-5H,6H2,1-2H3,(H,15,16)(H,17,18). The van der Waals surface area contributed by atoms with E-state index in [4.69, 9.17) is 5.11 Å². The van der Waals surface area contributed by atoms with Crippen LogP contribution in [0.4, 0.5) is 0 Å². The first-order valence-corrected chi connectivity index (χ1v) is 6.30. The number of H-pyrrole nitrogens is 1. The molecule has 0 amide bonds. The van der Waals surface area contributed by atoms with Crippen LogP contribution >= 0.6 is 15.9 Å². The Bertz CT molecular complexity index is 605. The molecule has 2 rings (SSSR count). The second-order valence-electron chi connectivity index (χ2n) is 4.25. The van der Waals surface area contributed by atoms with E-state index < -0.39 is 5.97 Å². The molecule has 2 aromatic rings. The number of carboxylic acid groups (broad SMARTS) is 1. The van der Waals surface area contributed by atoms with E-state index in [0.29, 0.717) is 5.69 Å². The molecular formula is C13H13BrN2O2. The van der Waals surface area contributed by atoms with Crippen LogP contribution < -0.4 is 0 Å². The summed E-state index contributed by atoms with van der Waals surface area (Å²) in [6.45, 7) is 4.05. The molecule has 1 aromatic carbocycles. The van der Waals surface area contributed by atoms with Gasteiger partial charge in [-0.1, -0.05) is 23.8 Å². The summed E-state index contributed by atoms with van der Waals surface area (Å²) in [6, 6.07) is 6.09. The quantitative estimate of drug-likeness (QED) is 0.915. The number of nitrogens with zero attached hydrogens (tertiary/aromatic N) is 1. The first-order chi connectivity index (χ1) is 8.49. The zero-order valence-corrected chi connectivity index (χ0v) is 11.7. The van der Waals surface area contributed by atoms with Gasteiger partial charge in [-0.25, -0.2) is 0 Å². The molecule has 0 aliphatic rings. The van der Waals surface area contributed by atoms with E-state index in [1.54, 1.807) is 0 Å². The average molecular weight is 309 g/mol. The zero-order chi connectivity index (χ0) is 13.3. The van der Waals surface area contributed by atoms with Crippen molar-refractivity contribution in [3.63, 3.8) is 0 Å². The lowest BCUT2D eigenvalue weighted by molar-refractivity contribution is -0.136. The maximum atomic E-state index is 10.7. The molecule has 0 bridgehead atoms. The molecule has 0 atom stereocenters.